The summed E-state index contributed by atoms with van der Waals surface area (Å²) in [7, 11) is 0. The first-order chi connectivity index (χ1) is 14.2. The van der Waals surface area contributed by atoms with Gasteiger partial charge in [-0.1, -0.05) is 46.3 Å². The third-order valence-electron chi connectivity index (χ3n) is 4.49. The summed E-state index contributed by atoms with van der Waals surface area (Å²) >= 11 is 3.40. The van der Waals surface area contributed by atoms with E-state index in [2.05, 4.69) is 31.5 Å². The maximum absolute atomic E-state index is 12.9. The molecule has 1 atom stereocenters. The SMILES string of the molecule is CC(C)(C)OC(=O)N[C@H](Cc1c[nH]c2ccccc12)C(=O)NCc1ccc(Br)cc1. The lowest BCUT2D eigenvalue weighted by Gasteiger charge is -2.23. The quantitative estimate of drug-likeness (QED) is 0.487. The third kappa shape index (κ3) is 6.10. The molecule has 2 aromatic carbocycles. The van der Waals surface area contributed by atoms with Gasteiger partial charge in [-0.15, -0.1) is 0 Å². The number of fused-ring (bicyclic) bond motifs is 1. The van der Waals surface area contributed by atoms with Crippen LogP contribution >= 0.6 is 15.9 Å². The minimum atomic E-state index is -0.769. The Hall–Kier alpha value is -2.80. The number of amides is 2. The molecule has 0 unspecified atom stereocenters. The van der Waals surface area contributed by atoms with E-state index >= 15 is 0 Å². The first-order valence-corrected chi connectivity index (χ1v) is 10.6. The number of ether oxygens (including phenoxy) is 1. The van der Waals surface area contributed by atoms with Crippen molar-refractivity contribution in [2.75, 3.05) is 0 Å². The van der Waals surface area contributed by atoms with E-state index in [1.54, 1.807) is 20.8 Å². The third-order valence-corrected chi connectivity index (χ3v) is 5.02. The lowest BCUT2D eigenvalue weighted by Crippen LogP contribution is -2.49. The van der Waals surface area contributed by atoms with Gasteiger partial charge in [0, 0.05) is 34.5 Å². The lowest BCUT2D eigenvalue weighted by molar-refractivity contribution is -0.123. The number of hydrogen-bond donors (Lipinski definition) is 3. The van der Waals surface area contributed by atoms with E-state index < -0.39 is 17.7 Å². The number of para-hydroxylation sites is 1. The van der Waals surface area contributed by atoms with Gasteiger partial charge in [-0.2, -0.15) is 0 Å². The van der Waals surface area contributed by atoms with E-state index in [4.69, 9.17) is 4.74 Å². The molecule has 30 heavy (non-hydrogen) atoms. The molecule has 1 heterocycles. The monoisotopic (exact) mass is 471 g/mol. The number of aromatic nitrogens is 1. The standard InChI is InChI=1S/C23H26BrN3O3/c1-23(2,3)30-22(29)27-20(12-16-14-25-19-7-5-4-6-18(16)19)21(28)26-13-15-8-10-17(24)11-9-15/h4-11,14,20,25H,12-13H2,1-3H3,(H,26,28)(H,27,29)/t20-/m1/s1. The number of carbonyl (C=O) groups is 2. The van der Waals surface area contributed by atoms with Crippen molar-refractivity contribution in [2.45, 2.75) is 45.4 Å². The highest BCUT2D eigenvalue weighted by Crippen LogP contribution is 2.19. The zero-order valence-electron chi connectivity index (χ0n) is 17.3. The summed E-state index contributed by atoms with van der Waals surface area (Å²) in [6, 6.07) is 14.8. The predicted molar refractivity (Wildman–Crippen MR) is 121 cm³/mol. The average molecular weight is 472 g/mol. The molecule has 3 aromatic rings. The molecule has 158 valence electrons. The van der Waals surface area contributed by atoms with Gasteiger partial charge in [-0.25, -0.2) is 4.79 Å². The maximum atomic E-state index is 12.9. The summed E-state index contributed by atoms with van der Waals surface area (Å²) in [4.78, 5) is 28.5. The summed E-state index contributed by atoms with van der Waals surface area (Å²) in [5.74, 6) is -0.269. The smallest absolute Gasteiger partial charge is 0.408 e. The predicted octanol–water partition coefficient (Wildman–Crippen LogP) is 4.68. The molecule has 0 fully saturated rings. The highest BCUT2D eigenvalue weighted by atomic mass is 79.9. The molecule has 1 aromatic heterocycles. The van der Waals surface area contributed by atoms with E-state index in [-0.39, 0.29) is 5.91 Å². The molecule has 0 aliphatic carbocycles. The average Bonchev–Trinajstić information content (AvgIpc) is 3.08. The molecule has 7 heteroatoms. The van der Waals surface area contributed by atoms with Crippen molar-refractivity contribution < 1.29 is 14.3 Å². The summed E-state index contributed by atoms with van der Waals surface area (Å²) in [5, 5.41) is 6.66. The summed E-state index contributed by atoms with van der Waals surface area (Å²) in [6.45, 7) is 5.73. The van der Waals surface area contributed by atoms with Crippen LogP contribution in [0.25, 0.3) is 10.9 Å². The number of hydrogen-bond acceptors (Lipinski definition) is 3. The van der Waals surface area contributed by atoms with Crippen LogP contribution in [0.5, 0.6) is 0 Å². The number of halogens is 1. The normalized spacial score (nSPS) is 12.4. The Labute approximate surface area is 184 Å². The van der Waals surface area contributed by atoms with Crippen LogP contribution < -0.4 is 10.6 Å². The van der Waals surface area contributed by atoms with Gasteiger partial charge >= 0.3 is 6.09 Å². The Morgan fingerprint density at radius 1 is 1.10 bits per heavy atom. The van der Waals surface area contributed by atoms with Gasteiger partial charge in [0.2, 0.25) is 5.91 Å². The zero-order valence-corrected chi connectivity index (χ0v) is 18.9. The minimum absolute atomic E-state index is 0.269. The van der Waals surface area contributed by atoms with Crippen LogP contribution in [0.1, 0.15) is 31.9 Å². The highest BCUT2D eigenvalue weighted by Gasteiger charge is 2.25. The topological polar surface area (TPSA) is 83.2 Å². The lowest BCUT2D eigenvalue weighted by atomic mass is 10.0. The van der Waals surface area contributed by atoms with Crippen molar-refractivity contribution in [1.82, 2.24) is 15.6 Å². The van der Waals surface area contributed by atoms with Crippen LogP contribution in [0.3, 0.4) is 0 Å². The Bertz CT molecular complexity index is 1020. The van der Waals surface area contributed by atoms with E-state index in [0.29, 0.717) is 13.0 Å². The van der Waals surface area contributed by atoms with Crippen LogP contribution in [0.2, 0.25) is 0 Å². The minimum Gasteiger partial charge on any atom is -0.444 e. The largest absolute Gasteiger partial charge is 0.444 e. The second-order valence-electron chi connectivity index (χ2n) is 8.11. The van der Waals surface area contributed by atoms with Crippen LogP contribution in [0, 0.1) is 0 Å². The zero-order chi connectivity index (χ0) is 21.7. The van der Waals surface area contributed by atoms with Crippen molar-refractivity contribution in [1.29, 1.82) is 0 Å². The van der Waals surface area contributed by atoms with Crippen LogP contribution in [0.15, 0.2) is 59.2 Å². The molecule has 0 saturated heterocycles. The van der Waals surface area contributed by atoms with Crippen molar-refractivity contribution >= 4 is 38.8 Å². The first-order valence-electron chi connectivity index (χ1n) is 9.78. The van der Waals surface area contributed by atoms with Crippen LogP contribution in [-0.2, 0) is 22.5 Å². The number of H-pyrrole nitrogens is 1. The molecule has 0 aliphatic rings. The Kier molecular flexibility index (Phi) is 6.82. The second-order valence-corrected chi connectivity index (χ2v) is 9.02. The maximum Gasteiger partial charge on any atom is 0.408 e. The molecule has 3 N–H and O–H groups in total. The molecule has 2 amide bonds. The summed E-state index contributed by atoms with van der Waals surface area (Å²) in [6.07, 6.45) is 1.59. The Morgan fingerprint density at radius 3 is 2.50 bits per heavy atom. The van der Waals surface area contributed by atoms with Crippen molar-refractivity contribution in [2.24, 2.45) is 0 Å². The van der Waals surface area contributed by atoms with Crippen molar-refractivity contribution in [3.05, 3.63) is 70.3 Å². The molecule has 0 spiro atoms. The molecule has 3 rings (SSSR count). The van der Waals surface area contributed by atoms with E-state index in [1.165, 1.54) is 0 Å². The van der Waals surface area contributed by atoms with Gasteiger partial charge < -0.3 is 20.4 Å². The molecule has 6 nitrogen and oxygen atoms in total. The van der Waals surface area contributed by atoms with E-state index in [0.717, 1.165) is 26.5 Å². The molecular weight excluding hydrogens is 446 g/mol. The van der Waals surface area contributed by atoms with Gasteiger partial charge in [0.05, 0.1) is 0 Å². The fourth-order valence-electron chi connectivity index (χ4n) is 3.09. The molecule has 0 saturated carbocycles. The summed E-state index contributed by atoms with van der Waals surface area (Å²) < 4.78 is 6.33. The van der Waals surface area contributed by atoms with Gasteiger partial charge in [-0.3, -0.25) is 4.79 Å². The highest BCUT2D eigenvalue weighted by molar-refractivity contribution is 9.10. The van der Waals surface area contributed by atoms with Gasteiger partial charge in [0.1, 0.15) is 11.6 Å². The number of benzene rings is 2. The van der Waals surface area contributed by atoms with Crippen LogP contribution in [0.4, 0.5) is 4.79 Å². The van der Waals surface area contributed by atoms with E-state index in [9.17, 15) is 9.59 Å². The second kappa shape index (κ2) is 9.34. The number of nitrogens with one attached hydrogen (secondary N) is 3. The Morgan fingerprint density at radius 2 is 1.80 bits per heavy atom. The number of rotatable bonds is 6. The first kappa shape index (κ1) is 21.9. The summed E-state index contributed by atoms with van der Waals surface area (Å²) in [5.41, 5.74) is 2.25. The van der Waals surface area contributed by atoms with Gasteiger partial charge in [-0.05, 0) is 50.1 Å². The van der Waals surface area contributed by atoms with Crippen molar-refractivity contribution in [3.63, 3.8) is 0 Å². The van der Waals surface area contributed by atoms with Crippen LogP contribution in [-0.4, -0.2) is 28.6 Å². The van der Waals surface area contributed by atoms with Gasteiger partial charge in [0.15, 0.2) is 0 Å². The number of carbonyl (C=O) groups excluding carboxylic acids is 2. The Balaban J connectivity index is 1.74. The fourth-order valence-corrected chi connectivity index (χ4v) is 3.36. The van der Waals surface area contributed by atoms with Crippen molar-refractivity contribution in [3.8, 4) is 0 Å². The molecule has 0 bridgehead atoms. The molecule has 0 radical (unpaired) electrons. The van der Waals surface area contributed by atoms with E-state index in [1.807, 2.05) is 54.7 Å². The number of aromatic amines is 1. The fraction of sp³-hybridized carbons (Fsp3) is 0.304. The number of alkyl carbamates (subject to hydrolysis) is 1. The molecule has 0 aliphatic heterocycles. The van der Waals surface area contributed by atoms with Gasteiger partial charge in [0.25, 0.3) is 0 Å². The molecular formula is C23H26BrN3O3.